The zero-order valence-electron chi connectivity index (χ0n) is 13.0. The van der Waals surface area contributed by atoms with Crippen LogP contribution in [0.1, 0.15) is 19.8 Å². The Kier molecular flexibility index (Phi) is 4.09. The van der Waals surface area contributed by atoms with Crippen molar-refractivity contribution in [1.29, 1.82) is 0 Å². The van der Waals surface area contributed by atoms with Crippen LogP contribution in [0.4, 0.5) is 5.69 Å². The number of carboxylic acid groups (broad SMARTS) is 1. The molecular weight excluding hydrogens is 296 g/mol. The second-order valence-electron chi connectivity index (χ2n) is 6.28. The van der Waals surface area contributed by atoms with Crippen LogP contribution in [-0.4, -0.2) is 34.8 Å². The monoisotopic (exact) mass is 316 g/mol. The number of benzene rings is 1. The number of nitrogens with one attached hydrogen (secondary N) is 1. The van der Waals surface area contributed by atoms with Crippen molar-refractivity contribution in [2.75, 3.05) is 18.5 Å². The number of carbonyl (C=O) groups excluding carboxylic acids is 1. The number of carboxylic acids is 1. The van der Waals surface area contributed by atoms with Crippen LogP contribution in [0.25, 0.3) is 10.9 Å². The van der Waals surface area contributed by atoms with Gasteiger partial charge in [0, 0.05) is 29.4 Å². The first-order valence-electron chi connectivity index (χ1n) is 7.68. The summed E-state index contributed by atoms with van der Waals surface area (Å²) in [5.74, 6) is -0.924. The van der Waals surface area contributed by atoms with Crippen LogP contribution >= 0.6 is 0 Å². The van der Waals surface area contributed by atoms with E-state index >= 15 is 0 Å². The van der Waals surface area contributed by atoms with E-state index in [2.05, 4.69) is 5.32 Å². The number of ether oxygens (including phenoxy) is 1. The Bertz CT molecular complexity index is 744. The molecule has 1 aromatic heterocycles. The van der Waals surface area contributed by atoms with Gasteiger partial charge < -0.3 is 19.7 Å². The highest BCUT2D eigenvalue weighted by molar-refractivity contribution is 5.97. The lowest BCUT2D eigenvalue weighted by molar-refractivity contribution is -0.137. The van der Waals surface area contributed by atoms with Crippen molar-refractivity contribution in [1.82, 2.24) is 4.57 Å². The maximum absolute atomic E-state index is 12.5. The highest BCUT2D eigenvalue weighted by atomic mass is 16.5. The highest BCUT2D eigenvalue weighted by Gasteiger charge is 2.35. The van der Waals surface area contributed by atoms with Crippen molar-refractivity contribution in [2.45, 2.75) is 26.3 Å². The van der Waals surface area contributed by atoms with Gasteiger partial charge in [-0.2, -0.15) is 0 Å². The first-order chi connectivity index (χ1) is 11.0. The van der Waals surface area contributed by atoms with Crippen molar-refractivity contribution in [3.8, 4) is 0 Å². The molecule has 2 N–H and O–H groups in total. The van der Waals surface area contributed by atoms with Gasteiger partial charge in [0.2, 0.25) is 5.91 Å². The van der Waals surface area contributed by atoms with E-state index in [9.17, 15) is 9.59 Å². The molecule has 122 valence electrons. The number of fused-ring (bicyclic) bond motifs is 1. The first-order valence-corrected chi connectivity index (χ1v) is 7.68. The van der Waals surface area contributed by atoms with Crippen LogP contribution in [0.15, 0.2) is 30.5 Å². The molecular formula is C17H20N2O4. The van der Waals surface area contributed by atoms with E-state index < -0.39 is 11.4 Å². The van der Waals surface area contributed by atoms with Crippen molar-refractivity contribution in [3.05, 3.63) is 30.5 Å². The molecule has 6 nitrogen and oxygen atoms in total. The lowest BCUT2D eigenvalue weighted by atomic mass is 9.84. The van der Waals surface area contributed by atoms with Crippen LogP contribution < -0.4 is 5.32 Å². The molecule has 1 aliphatic rings. The number of rotatable bonds is 4. The number of aliphatic carboxylic acids is 1. The average Bonchev–Trinajstić information content (AvgIpc) is 2.89. The summed E-state index contributed by atoms with van der Waals surface area (Å²) in [5.41, 5.74) is 1.04. The molecule has 2 heterocycles. The van der Waals surface area contributed by atoms with Gasteiger partial charge in [0.1, 0.15) is 6.54 Å². The van der Waals surface area contributed by atoms with Crippen molar-refractivity contribution in [3.63, 3.8) is 0 Å². The number of hydrogen-bond acceptors (Lipinski definition) is 3. The predicted molar refractivity (Wildman–Crippen MR) is 86.4 cm³/mol. The Morgan fingerprint density at radius 1 is 1.39 bits per heavy atom. The summed E-state index contributed by atoms with van der Waals surface area (Å²) in [4.78, 5) is 23.3. The maximum Gasteiger partial charge on any atom is 0.323 e. The first kappa shape index (κ1) is 15.6. The molecule has 1 aliphatic heterocycles. The minimum Gasteiger partial charge on any atom is -0.480 e. The molecule has 1 fully saturated rings. The summed E-state index contributed by atoms with van der Waals surface area (Å²) in [5, 5.41) is 12.7. The summed E-state index contributed by atoms with van der Waals surface area (Å²) >= 11 is 0. The Morgan fingerprint density at radius 3 is 2.91 bits per heavy atom. The second-order valence-corrected chi connectivity index (χ2v) is 6.28. The van der Waals surface area contributed by atoms with Gasteiger partial charge in [0.05, 0.1) is 12.0 Å². The number of nitrogens with zero attached hydrogens (tertiary/aromatic N) is 1. The standard InChI is InChI=1S/C17H20N2O4/c1-17(6-2-8-23-11-17)16(22)18-13-3-4-14-12(9-13)5-7-19(14)10-15(20)21/h3-5,7,9H,2,6,8,10-11H2,1H3,(H,18,22)(H,20,21). The summed E-state index contributed by atoms with van der Waals surface area (Å²) in [6.45, 7) is 3.00. The third-order valence-corrected chi connectivity index (χ3v) is 4.32. The van der Waals surface area contributed by atoms with Gasteiger partial charge >= 0.3 is 5.97 Å². The van der Waals surface area contributed by atoms with Crippen LogP contribution in [0.5, 0.6) is 0 Å². The smallest absolute Gasteiger partial charge is 0.323 e. The highest BCUT2D eigenvalue weighted by Crippen LogP contribution is 2.30. The molecule has 0 aliphatic carbocycles. The summed E-state index contributed by atoms with van der Waals surface area (Å²) in [6.07, 6.45) is 3.44. The van der Waals surface area contributed by atoms with Crippen LogP contribution in [0, 0.1) is 5.41 Å². The SMILES string of the molecule is CC1(C(=O)Nc2ccc3c(ccn3CC(=O)O)c2)CCCOC1. The molecule has 0 radical (unpaired) electrons. The number of hydrogen-bond donors (Lipinski definition) is 2. The third kappa shape index (κ3) is 3.22. The molecule has 1 saturated heterocycles. The quantitative estimate of drug-likeness (QED) is 0.908. The third-order valence-electron chi connectivity index (χ3n) is 4.32. The average molecular weight is 316 g/mol. The summed E-state index contributed by atoms with van der Waals surface area (Å²) < 4.78 is 7.10. The normalized spacial score (nSPS) is 21.3. The van der Waals surface area contributed by atoms with Crippen molar-refractivity contribution in [2.24, 2.45) is 5.41 Å². The molecule has 1 aromatic carbocycles. The Morgan fingerprint density at radius 2 is 2.22 bits per heavy atom. The fourth-order valence-corrected chi connectivity index (χ4v) is 2.96. The van der Waals surface area contributed by atoms with E-state index in [-0.39, 0.29) is 12.5 Å². The lowest BCUT2D eigenvalue weighted by Crippen LogP contribution is -2.40. The largest absolute Gasteiger partial charge is 0.480 e. The van der Waals surface area contributed by atoms with E-state index in [1.54, 1.807) is 16.8 Å². The van der Waals surface area contributed by atoms with Gasteiger partial charge in [0.25, 0.3) is 0 Å². The topological polar surface area (TPSA) is 80.6 Å². The van der Waals surface area contributed by atoms with Gasteiger partial charge in [-0.3, -0.25) is 9.59 Å². The van der Waals surface area contributed by atoms with Crippen LogP contribution in [0.2, 0.25) is 0 Å². The van der Waals surface area contributed by atoms with Crippen LogP contribution in [-0.2, 0) is 20.9 Å². The number of amides is 1. The molecule has 0 saturated carbocycles. The number of carbonyl (C=O) groups is 2. The van der Waals surface area contributed by atoms with Gasteiger partial charge in [-0.25, -0.2) is 0 Å². The number of anilines is 1. The molecule has 1 atom stereocenters. The molecule has 3 rings (SSSR count). The van der Waals surface area contributed by atoms with Crippen LogP contribution in [0.3, 0.4) is 0 Å². The fourth-order valence-electron chi connectivity index (χ4n) is 2.96. The van der Waals surface area contributed by atoms with E-state index in [0.717, 1.165) is 23.7 Å². The Labute approximate surface area is 134 Å². The zero-order valence-corrected chi connectivity index (χ0v) is 13.0. The predicted octanol–water partition coefficient (Wildman–Crippen LogP) is 2.48. The number of aromatic nitrogens is 1. The van der Waals surface area contributed by atoms with Gasteiger partial charge in [-0.15, -0.1) is 0 Å². The molecule has 1 amide bonds. The molecule has 2 aromatic rings. The van der Waals surface area contributed by atoms with Crippen molar-refractivity contribution >= 4 is 28.5 Å². The minimum atomic E-state index is -0.884. The molecule has 0 bridgehead atoms. The molecule has 23 heavy (non-hydrogen) atoms. The maximum atomic E-state index is 12.5. The summed E-state index contributed by atoms with van der Waals surface area (Å²) in [7, 11) is 0. The van der Waals surface area contributed by atoms with E-state index in [0.29, 0.717) is 18.9 Å². The van der Waals surface area contributed by atoms with Gasteiger partial charge in [-0.05, 0) is 44.0 Å². The lowest BCUT2D eigenvalue weighted by Gasteiger charge is -2.31. The van der Waals surface area contributed by atoms with E-state index in [4.69, 9.17) is 9.84 Å². The van der Waals surface area contributed by atoms with E-state index in [1.807, 2.05) is 25.1 Å². The van der Waals surface area contributed by atoms with E-state index in [1.165, 1.54) is 0 Å². The summed E-state index contributed by atoms with van der Waals surface area (Å²) in [6, 6.07) is 7.33. The minimum absolute atomic E-state index is 0.0403. The Balaban J connectivity index is 1.78. The van der Waals surface area contributed by atoms with Crippen molar-refractivity contribution < 1.29 is 19.4 Å². The molecule has 1 unspecified atom stereocenters. The van der Waals surface area contributed by atoms with Gasteiger partial charge in [-0.1, -0.05) is 0 Å². The second kappa shape index (κ2) is 6.04. The molecule has 0 spiro atoms. The Hall–Kier alpha value is -2.34. The van der Waals surface area contributed by atoms with Gasteiger partial charge in [0.15, 0.2) is 0 Å². The fraction of sp³-hybridized carbons (Fsp3) is 0.412. The molecule has 6 heteroatoms. The zero-order chi connectivity index (χ0) is 16.4.